The quantitative estimate of drug-likeness (QED) is 0.150. The van der Waals surface area contributed by atoms with Crippen molar-refractivity contribution < 1.29 is 35.5 Å². The number of benzene rings is 4. The number of hydrogen-bond donors (Lipinski definition) is 0. The number of hydrogen-bond acceptors (Lipinski definition) is 3. The van der Waals surface area contributed by atoms with E-state index in [-0.39, 0.29) is 71.5 Å². The molecule has 0 amide bonds. The van der Waals surface area contributed by atoms with E-state index in [0.717, 1.165) is 34.9 Å². The molecular formula is C39H25Br2Cl2F7N2O3. The van der Waals surface area contributed by atoms with E-state index in [1.54, 1.807) is 13.8 Å². The fourth-order valence-electron chi connectivity index (χ4n) is 5.89. The highest BCUT2D eigenvalue weighted by Gasteiger charge is 2.26. The zero-order chi connectivity index (χ0) is 40.5. The van der Waals surface area contributed by atoms with Crippen molar-refractivity contribution in [2.45, 2.75) is 26.9 Å². The maximum absolute atomic E-state index is 14.9. The first-order valence-electron chi connectivity index (χ1n) is 16.0. The van der Waals surface area contributed by atoms with Gasteiger partial charge in [0.1, 0.15) is 46.5 Å². The maximum atomic E-state index is 14.9. The third-order valence-corrected chi connectivity index (χ3v) is 10.1. The lowest BCUT2D eigenvalue weighted by Gasteiger charge is -2.19. The summed E-state index contributed by atoms with van der Waals surface area (Å²) in [6, 6.07) is 12.9. The van der Waals surface area contributed by atoms with Crippen LogP contribution in [0.3, 0.4) is 0 Å². The van der Waals surface area contributed by atoms with Crippen LogP contribution in [0.25, 0.3) is 44.8 Å². The Morgan fingerprint density at radius 3 is 1.25 bits per heavy atom. The van der Waals surface area contributed by atoms with Gasteiger partial charge in [-0.1, -0.05) is 23.2 Å². The monoisotopic (exact) mass is 930 g/mol. The molecule has 4 aromatic carbocycles. The zero-order valence-electron chi connectivity index (χ0n) is 28.6. The van der Waals surface area contributed by atoms with E-state index in [4.69, 9.17) is 27.9 Å². The largest absolute Gasteiger partial charge is 0.497 e. The molecule has 0 N–H and O–H groups in total. The topological polar surface area (TPSA) is 53.2 Å². The third-order valence-electron chi connectivity index (χ3n) is 8.29. The van der Waals surface area contributed by atoms with Crippen molar-refractivity contribution in [2.24, 2.45) is 0 Å². The summed E-state index contributed by atoms with van der Waals surface area (Å²) in [5.74, 6) is -6.52. The van der Waals surface area contributed by atoms with Crippen molar-refractivity contribution in [1.82, 2.24) is 9.13 Å². The summed E-state index contributed by atoms with van der Waals surface area (Å²) in [6.07, 6.45) is 0. The van der Waals surface area contributed by atoms with Gasteiger partial charge in [0.05, 0.1) is 38.6 Å². The first-order valence-corrected chi connectivity index (χ1v) is 18.3. The predicted octanol–water partition coefficient (Wildman–Crippen LogP) is 12.2. The van der Waals surface area contributed by atoms with E-state index >= 15 is 0 Å². The molecule has 0 aliphatic heterocycles. The standard InChI is InChI=1S/C20H14BrClF3NO2.C19H11BrClF4NO/c1-3-26-19(18-16(24)7-11(28-2)8-17(18)25)13(9-14(21)20(26)27)12-6-10(23)4-5-15(12)22;1-2-26-18(17-15(24)6-10(23)7-16(17)25)12(8-13(20)19(26)27)11-5-9(22)3-4-14(11)21/h4-9H,3H2,1-2H3;3-8H,2H2,1H3. The average molecular weight is 933 g/mol. The number of rotatable bonds is 7. The van der Waals surface area contributed by atoms with Crippen LogP contribution in [0.15, 0.2) is 91.3 Å². The Hall–Kier alpha value is -4.37. The van der Waals surface area contributed by atoms with Crippen LogP contribution in [0.2, 0.25) is 10.0 Å². The molecule has 0 aliphatic rings. The Morgan fingerprint density at radius 2 is 0.909 bits per heavy atom. The molecule has 55 heavy (non-hydrogen) atoms. The van der Waals surface area contributed by atoms with Gasteiger partial charge in [-0.05, 0) is 94.2 Å². The van der Waals surface area contributed by atoms with E-state index in [9.17, 15) is 40.3 Å². The van der Waals surface area contributed by atoms with Crippen LogP contribution in [-0.4, -0.2) is 16.2 Å². The van der Waals surface area contributed by atoms with E-state index in [1.165, 1.54) is 42.0 Å². The van der Waals surface area contributed by atoms with Crippen molar-refractivity contribution >= 4 is 55.1 Å². The van der Waals surface area contributed by atoms with E-state index in [2.05, 4.69) is 31.9 Å². The Kier molecular flexibility index (Phi) is 13.1. The Morgan fingerprint density at radius 1 is 0.545 bits per heavy atom. The van der Waals surface area contributed by atoms with Gasteiger partial charge in [0, 0.05) is 69.7 Å². The van der Waals surface area contributed by atoms with Crippen molar-refractivity contribution in [1.29, 1.82) is 0 Å². The second kappa shape index (κ2) is 17.2. The van der Waals surface area contributed by atoms with Gasteiger partial charge < -0.3 is 13.9 Å². The van der Waals surface area contributed by atoms with Crippen molar-refractivity contribution in [2.75, 3.05) is 7.11 Å². The van der Waals surface area contributed by atoms with Crippen molar-refractivity contribution in [3.8, 4) is 50.5 Å². The summed E-state index contributed by atoms with van der Waals surface area (Å²) in [5, 5.41) is 0.291. The summed E-state index contributed by atoms with van der Waals surface area (Å²) in [6.45, 7) is 3.45. The number of methoxy groups -OCH3 is 1. The highest BCUT2D eigenvalue weighted by Crippen LogP contribution is 2.41. The minimum absolute atomic E-state index is 0.00778. The molecule has 6 rings (SSSR count). The van der Waals surface area contributed by atoms with Gasteiger partial charge in [0.15, 0.2) is 0 Å². The van der Waals surface area contributed by atoms with Crippen LogP contribution in [0.5, 0.6) is 5.75 Å². The van der Waals surface area contributed by atoms with Crippen molar-refractivity contribution in [3.63, 3.8) is 0 Å². The molecule has 0 unspecified atom stereocenters. The van der Waals surface area contributed by atoms with Gasteiger partial charge in [-0.15, -0.1) is 0 Å². The number of pyridine rings is 2. The summed E-state index contributed by atoms with van der Waals surface area (Å²) in [5.41, 5.74) is -1.59. The molecule has 0 radical (unpaired) electrons. The van der Waals surface area contributed by atoms with Gasteiger partial charge in [0.25, 0.3) is 11.1 Å². The fourth-order valence-corrected chi connectivity index (χ4v) is 7.21. The van der Waals surface area contributed by atoms with Gasteiger partial charge in [-0.25, -0.2) is 30.7 Å². The lowest BCUT2D eigenvalue weighted by molar-refractivity contribution is 0.407. The lowest BCUT2D eigenvalue weighted by atomic mass is 9.97. The highest BCUT2D eigenvalue weighted by atomic mass is 79.9. The molecule has 6 aromatic rings. The van der Waals surface area contributed by atoms with Crippen LogP contribution in [-0.2, 0) is 13.1 Å². The molecule has 2 heterocycles. The molecule has 0 saturated carbocycles. The Bertz CT molecular complexity index is 2550. The van der Waals surface area contributed by atoms with Crippen LogP contribution in [0.1, 0.15) is 13.8 Å². The minimum Gasteiger partial charge on any atom is -0.497 e. The molecule has 5 nitrogen and oxygen atoms in total. The molecule has 0 fully saturated rings. The van der Waals surface area contributed by atoms with E-state index in [0.29, 0.717) is 12.1 Å². The molecule has 0 spiro atoms. The summed E-state index contributed by atoms with van der Waals surface area (Å²) >= 11 is 18.7. The number of aromatic nitrogens is 2. The molecular weight excluding hydrogens is 908 g/mol. The summed E-state index contributed by atoms with van der Waals surface area (Å²) < 4.78 is 107. The first-order chi connectivity index (χ1) is 26.0. The second-order valence-corrected chi connectivity index (χ2v) is 14.1. The number of halogens is 11. The highest BCUT2D eigenvalue weighted by molar-refractivity contribution is 9.10. The number of ether oxygens (including phenoxy) is 1. The average Bonchev–Trinajstić information content (AvgIpc) is 3.12. The predicted molar refractivity (Wildman–Crippen MR) is 206 cm³/mol. The van der Waals surface area contributed by atoms with Gasteiger partial charge in [-0.2, -0.15) is 0 Å². The van der Waals surface area contributed by atoms with Crippen molar-refractivity contribution in [3.05, 3.63) is 153 Å². The zero-order valence-corrected chi connectivity index (χ0v) is 33.3. The molecule has 0 saturated heterocycles. The Balaban J connectivity index is 0.000000211. The first kappa shape index (κ1) is 41.8. The SMILES string of the molecule is CCn1c(-c2c(F)cc(F)cc2F)c(-c2cc(F)ccc2Cl)cc(Br)c1=O.CCn1c(-c2c(F)cc(OC)cc2F)c(-c2cc(F)ccc2Cl)cc(Br)c1=O. The van der Waals surface area contributed by atoms with E-state index in [1.807, 2.05) is 0 Å². The molecule has 286 valence electrons. The molecule has 2 aromatic heterocycles. The number of nitrogens with zero attached hydrogens (tertiary/aromatic N) is 2. The molecule has 0 atom stereocenters. The third kappa shape index (κ3) is 8.42. The van der Waals surface area contributed by atoms with E-state index < -0.39 is 63.0 Å². The summed E-state index contributed by atoms with van der Waals surface area (Å²) in [4.78, 5) is 25.1. The fraction of sp³-hybridized carbons (Fsp3) is 0.128. The second-order valence-electron chi connectivity index (χ2n) is 11.6. The maximum Gasteiger partial charge on any atom is 0.265 e. The van der Waals surface area contributed by atoms with Crippen LogP contribution < -0.4 is 15.9 Å². The van der Waals surface area contributed by atoms with Crippen LogP contribution in [0.4, 0.5) is 30.7 Å². The molecule has 16 heteroatoms. The Labute approximate surface area is 335 Å². The van der Waals surface area contributed by atoms with Crippen LogP contribution in [0, 0.1) is 40.7 Å². The van der Waals surface area contributed by atoms with Gasteiger partial charge in [-0.3, -0.25) is 9.59 Å². The molecule has 0 bridgehead atoms. The van der Waals surface area contributed by atoms with Crippen LogP contribution >= 0.6 is 55.1 Å². The molecule has 0 aliphatic carbocycles. The lowest BCUT2D eigenvalue weighted by Crippen LogP contribution is -2.23. The minimum atomic E-state index is -1.19. The van der Waals surface area contributed by atoms with Gasteiger partial charge in [0.2, 0.25) is 0 Å². The smallest absolute Gasteiger partial charge is 0.265 e. The normalized spacial score (nSPS) is 11.0. The van der Waals surface area contributed by atoms with Gasteiger partial charge >= 0.3 is 0 Å². The summed E-state index contributed by atoms with van der Waals surface area (Å²) in [7, 11) is 1.29.